The molecule has 0 saturated carbocycles. The molecule has 10 heteroatoms. The van der Waals surface area contributed by atoms with Crippen molar-refractivity contribution in [2.24, 2.45) is 0 Å². The van der Waals surface area contributed by atoms with E-state index in [4.69, 9.17) is 17.3 Å². The first-order valence-corrected chi connectivity index (χ1v) is 7.41. The van der Waals surface area contributed by atoms with Crippen molar-refractivity contribution >= 4 is 40.3 Å². The van der Waals surface area contributed by atoms with Gasteiger partial charge in [-0.25, -0.2) is 10.1 Å². The molecule has 0 spiro atoms. The number of hydrogen-bond donors (Lipinski definition) is 1. The number of benzene rings is 2. The van der Waals surface area contributed by atoms with Gasteiger partial charge >= 0.3 is 0 Å². The summed E-state index contributed by atoms with van der Waals surface area (Å²) in [6.45, 7) is 0. The van der Waals surface area contributed by atoms with E-state index >= 15 is 0 Å². The number of nitrogens with zero attached hydrogens (tertiary/aromatic N) is 5. The van der Waals surface area contributed by atoms with Crippen LogP contribution >= 0.6 is 11.6 Å². The fourth-order valence-corrected chi connectivity index (χ4v) is 2.31. The van der Waals surface area contributed by atoms with Gasteiger partial charge < -0.3 is 5.32 Å². The molecule has 1 heterocycles. The molecule has 125 valence electrons. The number of aromatic nitrogens is 3. The molecule has 3 aromatic rings. The Hall–Kier alpha value is -3.46. The third-order valence-electron chi connectivity index (χ3n) is 3.24. The zero-order valence-electron chi connectivity index (χ0n) is 12.6. The lowest BCUT2D eigenvalue weighted by molar-refractivity contribution is -0.483. The molecule has 0 bridgehead atoms. The Morgan fingerprint density at radius 3 is 2.48 bits per heavy atom. The summed E-state index contributed by atoms with van der Waals surface area (Å²) in [6, 6.07) is 15.8. The summed E-state index contributed by atoms with van der Waals surface area (Å²) in [5.74, 6) is -0.680. The minimum atomic E-state index is -0.680. The lowest BCUT2D eigenvalue weighted by atomic mass is 10.2. The highest BCUT2D eigenvalue weighted by atomic mass is 35.5. The van der Waals surface area contributed by atoms with E-state index in [0.717, 1.165) is 5.69 Å². The summed E-state index contributed by atoms with van der Waals surface area (Å²) >= 11 is 5.98. The Kier molecular flexibility index (Phi) is 4.57. The smallest absolute Gasteiger partial charge is 0.245 e. The summed E-state index contributed by atoms with van der Waals surface area (Å²) in [7, 11) is 0. The van der Waals surface area contributed by atoms with Gasteiger partial charge in [0.25, 0.3) is 0 Å². The molecule has 0 saturated heterocycles. The van der Waals surface area contributed by atoms with Crippen LogP contribution in [0.3, 0.4) is 0 Å². The van der Waals surface area contributed by atoms with Crippen molar-refractivity contribution in [3.63, 3.8) is 0 Å². The van der Waals surface area contributed by atoms with Gasteiger partial charge in [-0.3, -0.25) is 5.73 Å². The van der Waals surface area contributed by atoms with E-state index in [9.17, 15) is 10.1 Å². The zero-order chi connectivity index (χ0) is 17.8. The number of hydrogen-bond acceptors (Lipinski definition) is 6. The maximum Gasteiger partial charge on any atom is 0.245 e. The molecule has 0 amide bonds. The average Bonchev–Trinajstić information content (AvgIpc) is 2.61. The predicted octanol–water partition coefficient (Wildman–Crippen LogP) is 3.51. The van der Waals surface area contributed by atoms with E-state index in [1.165, 1.54) is 6.07 Å². The standard InChI is InChI=1S/C15H11ClN7O2/c16-13-14(17)19-21-20-15(13)22(23(24)25)12-9-5-4-8-11(12)18-10-6-2-1-3-7-10/h1-9,17-18H. The molecule has 0 aliphatic rings. The fourth-order valence-electron chi connectivity index (χ4n) is 2.16. The molecule has 0 unspecified atom stereocenters. The minimum Gasteiger partial charge on any atom is -0.354 e. The Morgan fingerprint density at radius 1 is 1.08 bits per heavy atom. The minimum absolute atomic E-state index is 0.193. The highest BCUT2D eigenvalue weighted by molar-refractivity contribution is 6.35. The first-order chi connectivity index (χ1) is 12.1. The second-order valence-electron chi connectivity index (χ2n) is 4.83. The Bertz CT molecular complexity index is 907. The number of nitro groups is 1. The molecule has 2 aromatic carbocycles. The van der Waals surface area contributed by atoms with Crippen LogP contribution in [-0.2, 0) is 0 Å². The topological polar surface area (TPSA) is 121 Å². The summed E-state index contributed by atoms with van der Waals surface area (Å²) in [5.41, 5.74) is 8.99. The van der Waals surface area contributed by atoms with E-state index in [-0.39, 0.29) is 16.5 Å². The van der Waals surface area contributed by atoms with Crippen LogP contribution in [0.1, 0.15) is 0 Å². The van der Waals surface area contributed by atoms with Gasteiger partial charge in [-0.1, -0.05) is 41.9 Å². The largest absolute Gasteiger partial charge is 0.354 e. The average molecular weight is 357 g/mol. The van der Waals surface area contributed by atoms with Crippen molar-refractivity contribution in [1.29, 1.82) is 0 Å². The summed E-state index contributed by atoms with van der Waals surface area (Å²) < 4.78 is 0. The van der Waals surface area contributed by atoms with Gasteiger partial charge in [0, 0.05) is 5.69 Å². The second kappa shape index (κ2) is 6.97. The van der Waals surface area contributed by atoms with Crippen molar-refractivity contribution in [3.05, 3.63) is 69.7 Å². The molecule has 2 N–H and O–H groups in total. The van der Waals surface area contributed by atoms with E-state index in [1.54, 1.807) is 18.2 Å². The lowest BCUT2D eigenvalue weighted by Crippen LogP contribution is -2.27. The van der Waals surface area contributed by atoms with Crippen LogP contribution in [0, 0.1) is 10.1 Å². The second-order valence-corrected chi connectivity index (χ2v) is 5.21. The summed E-state index contributed by atoms with van der Waals surface area (Å²) in [5, 5.41) is 24.9. The first kappa shape index (κ1) is 16.4. The third kappa shape index (κ3) is 3.40. The first-order valence-electron chi connectivity index (χ1n) is 7.04. The fraction of sp³-hybridized carbons (Fsp3) is 0. The van der Waals surface area contributed by atoms with Crippen molar-refractivity contribution in [2.75, 3.05) is 10.3 Å². The number of hydrazine groups is 1. The molecule has 1 radical (unpaired) electrons. The maximum atomic E-state index is 11.7. The summed E-state index contributed by atoms with van der Waals surface area (Å²) in [6.07, 6.45) is 0. The monoisotopic (exact) mass is 356 g/mol. The van der Waals surface area contributed by atoms with Crippen LogP contribution in [0.2, 0.25) is 5.02 Å². The molecule has 0 aliphatic heterocycles. The molecule has 0 atom stereocenters. The molecule has 0 aliphatic carbocycles. The molecule has 0 fully saturated rings. The maximum absolute atomic E-state index is 11.7. The number of rotatable bonds is 5. The van der Waals surface area contributed by atoms with Crippen molar-refractivity contribution in [2.45, 2.75) is 0 Å². The van der Waals surface area contributed by atoms with E-state index in [2.05, 4.69) is 20.7 Å². The van der Waals surface area contributed by atoms with E-state index in [1.807, 2.05) is 30.3 Å². The van der Waals surface area contributed by atoms with Crippen molar-refractivity contribution in [3.8, 4) is 0 Å². The zero-order valence-corrected chi connectivity index (χ0v) is 13.4. The van der Waals surface area contributed by atoms with Gasteiger partial charge in [-0.15, -0.1) is 10.2 Å². The van der Waals surface area contributed by atoms with Crippen LogP contribution in [0.4, 0.5) is 28.7 Å². The molecule has 25 heavy (non-hydrogen) atoms. The molecule has 3 rings (SSSR count). The van der Waals surface area contributed by atoms with Crippen LogP contribution < -0.4 is 16.1 Å². The highest BCUT2D eigenvalue weighted by Crippen LogP contribution is 2.37. The van der Waals surface area contributed by atoms with Crippen LogP contribution in [-0.4, -0.2) is 20.4 Å². The third-order valence-corrected chi connectivity index (χ3v) is 3.59. The van der Waals surface area contributed by atoms with Crippen LogP contribution in [0.25, 0.3) is 0 Å². The molecule has 1 aromatic heterocycles. The van der Waals surface area contributed by atoms with Gasteiger partial charge in [-0.05, 0) is 34.5 Å². The Balaban J connectivity index is 2.09. The van der Waals surface area contributed by atoms with E-state index in [0.29, 0.717) is 10.7 Å². The molecular weight excluding hydrogens is 346 g/mol. The number of halogens is 1. The van der Waals surface area contributed by atoms with Crippen LogP contribution in [0.15, 0.2) is 54.6 Å². The van der Waals surface area contributed by atoms with Gasteiger partial charge in [0.05, 0.1) is 5.69 Å². The normalized spacial score (nSPS) is 10.3. The summed E-state index contributed by atoms with van der Waals surface area (Å²) in [4.78, 5) is 11.7. The molecular formula is C15H11ClN7O2. The number of para-hydroxylation sites is 3. The van der Waals surface area contributed by atoms with Gasteiger partial charge in [0.2, 0.25) is 5.82 Å². The SMILES string of the molecule is [NH]c1nnnc(N(c2ccccc2Nc2ccccc2)[N+](=O)[O-])c1Cl. The number of nitrogens with one attached hydrogen (secondary N) is 2. The van der Waals surface area contributed by atoms with Crippen molar-refractivity contribution < 1.29 is 5.03 Å². The Labute approximate surface area is 147 Å². The number of anilines is 4. The lowest BCUT2D eigenvalue weighted by Gasteiger charge is -2.18. The van der Waals surface area contributed by atoms with Gasteiger partial charge in [-0.2, -0.15) is 0 Å². The van der Waals surface area contributed by atoms with Crippen molar-refractivity contribution in [1.82, 2.24) is 21.1 Å². The predicted molar refractivity (Wildman–Crippen MR) is 92.9 cm³/mol. The van der Waals surface area contributed by atoms with E-state index < -0.39 is 10.9 Å². The van der Waals surface area contributed by atoms with Gasteiger partial charge in [0.15, 0.2) is 10.9 Å². The quantitative estimate of drug-likeness (QED) is 0.548. The molecule has 9 nitrogen and oxygen atoms in total. The van der Waals surface area contributed by atoms with Crippen LogP contribution in [0.5, 0.6) is 0 Å². The highest BCUT2D eigenvalue weighted by Gasteiger charge is 2.29. The van der Waals surface area contributed by atoms with Gasteiger partial charge in [0.1, 0.15) is 10.7 Å². The Morgan fingerprint density at radius 2 is 1.76 bits per heavy atom.